The van der Waals surface area contributed by atoms with Crippen LogP contribution in [0.1, 0.15) is 127 Å². The summed E-state index contributed by atoms with van der Waals surface area (Å²) in [6.07, 6.45) is 20.8. The summed E-state index contributed by atoms with van der Waals surface area (Å²) in [5, 5.41) is 0. The monoisotopic (exact) mass is 563 g/mol. The first-order valence-corrected chi connectivity index (χ1v) is 16.9. The molecule has 3 nitrogen and oxygen atoms in total. The quantitative estimate of drug-likeness (QED) is 0.320. The van der Waals surface area contributed by atoms with Crippen LogP contribution in [-0.4, -0.2) is 17.2 Å². The van der Waals surface area contributed by atoms with E-state index in [0.29, 0.717) is 16.7 Å². The Morgan fingerprint density at radius 2 is 1.69 bits per heavy atom. The number of benzene rings is 1. The highest BCUT2D eigenvalue weighted by Gasteiger charge is 2.50. The molecule has 2 aromatic rings. The van der Waals surface area contributed by atoms with E-state index in [4.69, 9.17) is 16.6 Å². The van der Waals surface area contributed by atoms with E-state index in [0.717, 1.165) is 30.9 Å². The number of pyridine rings is 1. The topological polar surface area (TPSA) is 28.5 Å². The summed E-state index contributed by atoms with van der Waals surface area (Å²) in [6.45, 7) is 17.2. The van der Waals surface area contributed by atoms with Crippen LogP contribution in [0.4, 0.5) is 5.82 Å². The van der Waals surface area contributed by atoms with Crippen LogP contribution in [0, 0.1) is 23.7 Å². The molecule has 4 saturated carbocycles. The second-order valence-corrected chi connectivity index (χ2v) is 15.2. The molecule has 2 heterocycles. The highest BCUT2D eigenvalue weighted by Crippen LogP contribution is 2.58. The van der Waals surface area contributed by atoms with Crippen molar-refractivity contribution in [1.29, 1.82) is 0 Å². The van der Waals surface area contributed by atoms with Crippen LogP contribution in [-0.2, 0) is 11.8 Å². The second kappa shape index (κ2) is 11.4. The smallest absolute Gasteiger partial charge is 0.133 e. The minimum Gasteiger partial charge on any atom is -0.330 e. The van der Waals surface area contributed by atoms with Crippen molar-refractivity contribution >= 4 is 17.2 Å². The predicted octanol–water partition coefficient (Wildman–Crippen LogP) is 10.4. The molecular weight excluding hydrogens is 510 g/mol. The van der Waals surface area contributed by atoms with Gasteiger partial charge in [0.2, 0.25) is 0 Å². The standard InChI is InChI=1S/C39H53N3/c1-7-30-13-14-33(25-28(30)2)39-21-18-38(19-22-39,20-23-39)27-42(29(3)31-11-9-8-10-12-31)36-26-32(17-24-40-36)34-15-16-35(41-34)37(4,5)6/h13-15,17,24-26,31H,3,7-12,16,18-23,27H2,1-2,4-6H3. The van der Waals surface area contributed by atoms with E-state index in [-0.39, 0.29) is 5.41 Å². The average molecular weight is 564 g/mol. The lowest BCUT2D eigenvalue weighted by Crippen LogP contribution is -2.49. The van der Waals surface area contributed by atoms with Crippen LogP contribution in [0.5, 0.6) is 0 Å². The Kier molecular flexibility index (Phi) is 8.00. The Morgan fingerprint density at radius 3 is 2.31 bits per heavy atom. The van der Waals surface area contributed by atoms with Gasteiger partial charge < -0.3 is 4.90 Å². The van der Waals surface area contributed by atoms with Gasteiger partial charge in [-0.15, -0.1) is 0 Å². The first-order valence-electron chi connectivity index (χ1n) is 16.9. The molecule has 4 fully saturated rings. The number of allylic oxidation sites excluding steroid dienone is 2. The van der Waals surface area contributed by atoms with E-state index >= 15 is 0 Å². The van der Waals surface area contributed by atoms with Gasteiger partial charge in [-0.05, 0) is 110 Å². The highest BCUT2D eigenvalue weighted by atomic mass is 15.2. The number of hydrogen-bond donors (Lipinski definition) is 0. The summed E-state index contributed by atoms with van der Waals surface area (Å²) in [7, 11) is 0. The van der Waals surface area contributed by atoms with E-state index in [1.807, 2.05) is 6.20 Å². The van der Waals surface area contributed by atoms with Gasteiger partial charge in [-0.2, -0.15) is 0 Å². The van der Waals surface area contributed by atoms with Crippen molar-refractivity contribution in [2.24, 2.45) is 21.7 Å². The SMILES string of the molecule is C=C(C1CCCCC1)N(CC12CCC(c3ccc(CC)c(C)c3)(CC1)CC2)c1cc(C2=CCC(C(C)(C)C)=N2)ccn1. The maximum atomic E-state index is 5.08. The van der Waals surface area contributed by atoms with E-state index < -0.39 is 0 Å². The molecule has 0 saturated heterocycles. The molecule has 3 heteroatoms. The zero-order chi connectivity index (χ0) is 29.5. The molecule has 0 amide bonds. The molecule has 0 atom stereocenters. The molecule has 1 aromatic carbocycles. The normalized spacial score (nSPS) is 26.2. The third kappa shape index (κ3) is 5.65. The van der Waals surface area contributed by atoms with Crippen molar-refractivity contribution < 1.29 is 0 Å². The molecular formula is C39H53N3. The summed E-state index contributed by atoms with van der Waals surface area (Å²) in [4.78, 5) is 12.7. The average Bonchev–Trinajstić information content (AvgIpc) is 3.53. The Balaban J connectivity index is 1.26. The van der Waals surface area contributed by atoms with E-state index in [1.54, 1.807) is 5.56 Å². The predicted molar refractivity (Wildman–Crippen MR) is 179 cm³/mol. The van der Waals surface area contributed by atoms with Crippen LogP contribution in [0.15, 0.2) is 59.9 Å². The molecule has 224 valence electrons. The zero-order valence-electron chi connectivity index (χ0n) is 27.1. The first kappa shape index (κ1) is 29.4. The maximum Gasteiger partial charge on any atom is 0.133 e. The summed E-state index contributed by atoms with van der Waals surface area (Å²) in [5.74, 6) is 1.65. The van der Waals surface area contributed by atoms with Gasteiger partial charge in [-0.1, -0.05) is 77.8 Å². The maximum absolute atomic E-state index is 5.08. The number of fused-ring (bicyclic) bond motifs is 3. The minimum absolute atomic E-state index is 0.0997. The zero-order valence-corrected chi connectivity index (χ0v) is 27.1. The Bertz CT molecular complexity index is 1360. The summed E-state index contributed by atoms with van der Waals surface area (Å²) in [5.41, 5.74) is 10.3. The summed E-state index contributed by atoms with van der Waals surface area (Å²) >= 11 is 0. The van der Waals surface area contributed by atoms with Crippen molar-refractivity contribution in [3.63, 3.8) is 0 Å². The van der Waals surface area contributed by atoms with E-state index in [1.165, 1.54) is 98.7 Å². The Labute approximate surface area is 255 Å². The molecule has 5 aliphatic rings. The Hall–Kier alpha value is -2.68. The van der Waals surface area contributed by atoms with Crippen LogP contribution in [0.3, 0.4) is 0 Å². The molecule has 1 aliphatic heterocycles. The van der Waals surface area contributed by atoms with Crippen LogP contribution < -0.4 is 4.90 Å². The number of nitrogens with zero attached hydrogens (tertiary/aromatic N) is 3. The number of aliphatic imine (C=N–C) groups is 1. The Morgan fingerprint density at radius 1 is 0.976 bits per heavy atom. The third-order valence-corrected chi connectivity index (χ3v) is 11.6. The molecule has 0 N–H and O–H groups in total. The molecule has 7 rings (SSSR count). The highest BCUT2D eigenvalue weighted by molar-refractivity contribution is 5.99. The van der Waals surface area contributed by atoms with Gasteiger partial charge in [0.15, 0.2) is 0 Å². The fraction of sp³-hybridized carbons (Fsp3) is 0.590. The summed E-state index contributed by atoms with van der Waals surface area (Å²) in [6, 6.07) is 11.8. The fourth-order valence-electron chi connectivity index (χ4n) is 8.49. The first-order chi connectivity index (χ1) is 20.1. The number of anilines is 1. The van der Waals surface area contributed by atoms with Gasteiger partial charge in [-0.3, -0.25) is 4.99 Å². The molecule has 4 aliphatic carbocycles. The third-order valence-electron chi connectivity index (χ3n) is 11.6. The number of aryl methyl sites for hydroxylation is 2. The lowest BCUT2D eigenvalue weighted by atomic mass is 9.51. The van der Waals surface area contributed by atoms with Crippen LogP contribution in [0.2, 0.25) is 0 Å². The van der Waals surface area contributed by atoms with Crippen molar-refractivity contribution in [2.45, 2.75) is 124 Å². The second-order valence-electron chi connectivity index (χ2n) is 15.2. The lowest BCUT2D eigenvalue weighted by Gasteiger charge is -2.55. The molecule has 0 unspecified atom stereocenters. The molecule has 0 radical (unpaired) electrons. The number of rotatable bonds is 8. The van der Waals surface area contributed by atoms with Gasteiger partial charge in [0.05, 0.1) is 5.70 Å². The van der Waals surface area contributed by atoms with E-state index in [2.05, 4.69) is 75.9 Å². The molecule has 42 heavy (non-hydrogen) atoms. The molecule has 0 spiro atoms. The molecule has 1 aromatic heterocycles. The van der Waals surface area contributed by atoms with Crippen LogP contribution >= 0.6 is 0 Å². The number of aromatic nitrogens is 1. The van der Waals surface area contributed by atoms with E-state index in [9.17, 15) is 0 Å². The van der Waals surface area contributed by atoms with Gasteiger partial charge in [0, 0.05) is 41.5 Å². The van der Waals surface area contributed by atoms with Crippen molar-refractivity contribution in [2.75, 3.05) is 11.4 Å². The fourth-order valence-corrected chi connectivity index (χ4v) is 8.49. The van der Waals surface area contributed by atoms with Gasteiger partial charge in [-0.25, -0.2) is 4.98 Å². The molecule has 2 bridgehead atoms. The number of hydrogen-bond acceptors (Lipinski definition) is 3. The van der Waals surface area contributed by atoms with Gasteiger partial charge in [0.25, 0.3) is 0 Å². The van der Waals surface area contributed by atoms with Crippen molar-refractivity contribution in [3.8, 4) is 0 Å². The van der Waals surface area contributed by atoms with Gasteiger partial charge >= 0.3 is 0 Å². The van der Waals surface area contributed by atoms with Gasteiger partial charge in [0.1, 0.15) is 5.82 Å². The lowest BCUT2D eigenvalue weighted by molar-refractivity contribution is 0.0459. The minimum atomic E-state index is 0.0997. The van der Waals surface area contributed by atoms with Crippen molar-refractivity contribution in [1.82, 2.24) is 4.98 Å². The van der Waals surface area contributed by atoms with Crippen molar-refractivity contribution in [3.05, 3.63) is 77.1 Å². The largest absolute Gasteiger partial charge is 0.330 e. The van der Waals surface area contributed by atoms with Crippen LogP contribution in [0.25, 0.3) is 5.70 Å². The summed E-state index contributed by atoms with van der Waals surface area (Å²) < 4.78 is 0.